The number of nitrogens with one attached hydrogen (secondary N) is 2. The Kier molecular flexibility index (Phi) is 7.36. The molecule has 0 heterocycles. The van der Waals surface area contributed by atoms with Crippen LogP contribution in [0, 0.1) is 0 Å². The number of urea groups is 1. The number of carbonyl (C=O) groups excluding carboxylic acids is 1. The van der Waals surface area contributed by atoms with E-state index in [0.29, 0.717) is 12.8 Å². The number of rotatable bonds is 6. The first-order chi connectivity index (χ1) is 9.52. The molecule has 4 N–H and O–H groups in total. The van der Waals surface area contributed by atoms with Crippen molar-refractivity contribution in [3.8, 4) is 0 Å². The maximum Gasteiger partial charge on any atom is 0.315 e. The first-order valence-corrected chi connectivity index (χ1v) is 7.49. The lowest BCUT2D eigenvalue weighted by Crippen LogP contribution is -2.50. The third-order valence-electron chi connectivity index (χ3n) is 3.69. The molecule has 3 atom stereocenters. The van der Waals surface area contributed by atoms with E-state index in [0.717, 1.165) is 32.1 Å². The van der Waals surface area contributed by atoms with E-state index in [1.807, 2.05) is 6.92 Å². The second-order valence-electron chi connectivity index (χ2n) is 5.51. The SMILES string of the molecule is CCCC(CC(=O)O)NC(=O)NC1CCCCCC1O. The van der Waals surface area contributed by atoms with E-state index in [4.69, 9.17) is 5.11 Å². The number of carboxylic acids is 1. The first-order valence-electron chi connectivity index (χ1n) is 7.49. The fourth-order valence-electron chi connectivity index (χ4n) is 2.64. The maximum atomic E-state index is 11.9. The van der Waals surface area contributed by atoms with E-state index in [2.05, 4.69) is 10.6 Å². The molecule has 1 rings (SSSR count). The van der Waals surface area contributed by atoms with Crippen LogP contribution in [0.2, 0.25) is 0 Å². The van der Waals surface area contributed by atoms with Gasteiger partial charge in [-0.05, 0) is 19.3 Å². The highest BCUT2D eigenvalue weighted by molar-refractivity contribution is 5.76. The smallest absolute Gasteiger partial charge is 0.315 e. The molecule has 0 aromatic rings. The van der Waals surface area contributed by atoms with Crippen LogP contribution in [-0.2, 0) is 4.79 Å². The molecule has 6 nitrogen and oxygen atoms in total. The van der Waals surface area contributed by atoms with Crippen LogP contribution < -0.4 is 10.6 Å². The van der Waals surface area contributed by atoms with Crippen molar-refractivity contribution < 1.29 is 19.8 Å². The summed E-state index contributed by atoms with van der Waals surface area (Å²) in [6, 6.07) is -0.972. The maximum absolute atomic E-state index is 11.9. The molecule has 0 bridgehead atoms. The van der Waals surface area contributed by atoms with E-state index < -0.39 is 12.1 Å². The molecule has 116 valence electrons. The minimum atomic E-state index is -0.918. The molecule has 6 heteroatoms. The van der Waals surface area contributed by atoms with Crippen LogP contribution in [0.25, 0.3) is 0 Å². The summed E-state index contributed by atoms with van der Waals surface area (Å²) in [5.41, 5.74) is 0. The Bertz CT molecular complexity index is 322. The Balaban J connectivity index is 2.44. The molecule has 0 saturated heterocycles. The highest BCUT2D eigenvalue weighted by Gasteiger charge is 2.24. The van der Waals surface area contributed by atoms with Crippen molar-refractivity contribution in [2.24, 2.45) is 0 Å². The van der Waals surface area contributed by atoms with Crippen LogP contribution in [0.3, 0.4) is 0 Å². The van der Waals surface area contributed by atoms with E-state index in [1.165, 1.54) is 0 Å². The van der Waals surface area contributed by atoms with Crippen molar-refractivity contribution in [3.05, 3.63) is 0 Å². The quantitative estimate of drug-likeness (QED) is 0.558. The Morgan fingerprint density at radius 2 is 1.95 bits per heavy atom. The molecule has 0 aromatic heterocycles. The van der Waals surface area contributed by atoms with Gasteiger partial charge in [-0.3, -0.25) is 4.79 Å². The lowest BCUT2D eigenvalue weighted by Gasteiger charge is -2.24. The predicted octanol–water partition coefficient (Wildman–Crippen LogP) is 1.62. The predicted molar refractivity (Wildman–Crippen MR) is 75.5 cm³/mol. The zero-order chi connectivity index (χ0) is 15.0. The lowest BCUT2D eigenvalue weighted by atomic mass is 10.1. The monoisotopic (exact) mass is 286 g/mol. The van der Waals surface area contributed by atoms with Gasteiger partial charge in [0.25, 0.3) is 0 Å². The van der Waals surface area contributed by atoms with E-state index in [-0.39, 0.29) is 24.5 Å². The molecule has 3 unspecified atom stereocenters. The van der Waals surface area contributed by atoms with Gasteiger partial charge in [0, 0.05) is 6.04 Å². The van der Waals surface area contributed by atoms with Crippen molar-refractivity contribution in [3.63, 3.8) is 0 Å². The van der Waals surface area contributed by atoms with Gasteiger partial charge < -0.3 is 20.8 Å². The van der Waals surface area contributed by atoms with E-state index in [9.17, 15) is 14.7 Å². The Morgan fingerprint density at radius 3 is 2.60 bits per heavy atom. The van der Waals surface area contributed by atoms with Gasteiger partial charge in [0.1, 0.15) is 0 Å². The van der Waals surface area contributed by atoms with Crippen molar-refractivity contribution in [2.45, 2.75) is 76.5 Å². The zero-order valence-electron chi connectivity index (χ0n) is 12.1. The number of hydrogen-bond acceptors (Lipinski definition) is 3. The van der Waals surface area contributed by atoms with Crippen molar-refractivity contribution in [2.75, 3.05) is 0 Å². The third-order valence-corrected chi connectivity index (χ3v) is 3.69. The number of amides is 2. The molecule has 0 aliphatic heterocycles. The summed E-state index contributed by atoms with van der Waals surface area (Å²) >= 11 is 0. The normalized spacial score (nSPS) is 24.5. The van der Waals surface area contributed by atoms with Gasteiger partial charge in [-0.2, -0.15) is 0 Å². The van der Waals surface area contributed by atoms with Crippen LogP contribution in [0.1, 0.15) is 58.3 Å². The number of aliphatic hydroxyl groups excluding tert-OH is 1. The van der Waals surface area contributed by atoms with Gasteiger partial charge in [-0.25, -0.2) is 4.79 Å². The number of hydrogen-bond donors (Lipinski definition) is 4. The van der Waals surface area contributed by atoms with Crippen molar-refractivity contribution in [1.82, 2.24) is 10.6 Å². The van der Waals surface area contributed by atoms with Gasteiger partial charge >= 0.3 is 12.0 Å². The second-order valence-corrected chi connectivity index (χ2v) is 5.51. The van der Waals surface area contributed by atoms with Gasteiger partial charge in [0.05, 0.1) is 18.6 Å². The first kappa shape index (κ1) is 16.8. The van der Waals surface area contributed by atoms with E-state index >= 15 is 0 Å². The third kappa shape index (κ3) is 6.23. The molecule has 0 spiro atoms. The number of carbonyl (C=O) groups is 2. The van der Waals surface area contributed by atoms with Gasteiger partial charge in [0.15, 0.2) is 0 Å². The fraction of sp³-hybridized carbons (Fsp3) is 0.857. The summed E-state index contributed by atoms with van der Waals surface area (Å²) < 4.78 is 0. The minimum absolute atomic E-state index is 0.0749. The standard InChI is InChI=1S/C14H26N2O4/c1-2-6-10(9-13(18)19)15-14(20)16-11-7-4-3-5-8-12(11)17/h10-12,17H,2-9H2,1H3,(H,18,19)(H2,15,16,20). The van der Waals surface area contributed by atoms with Gasteiger partial charge in [-0.1, -0.05) is 32.6 Å². The topological polar surface area (TPSA) is 98.7 Å². The highest BCUT2D eigenvalue weighted by atomic mass is 16.4. The number of aliphatic carboxylic acids is 1. The molecule has 2 amide bonds. The summed E-state index contributed by atoms with van der Waals surface area (Å²) in [6.07, 6.45) is 5.39. The number of aliphatic hydroxyl groups is 1. The van der Waals surface area contributed by atoms with Crippen LogP contribution in [0.4, 0.5) is 4.79 Å². The second kappa shape index (κ2) is 8.79. The molecular formula is C14H26N2O4. The molecule has 0 radical (unpaired) electrons. The molecule has 0 aromatic carbocycles. The average Bonchev–Trinajstić information content (AvgIpc) is 2.54. The molecule has 1 aliphatic carbocycles. The molecular weight excluding hydrogens is 260 g/mol. The summed E-state index contributed by atoms with van der Waals surface area (Å²) in [5, 5.41) is 24.2. The van der Waals surface area contributed by atoms with Crippen LogP contribution in [0.5, 0.6) is 0 Å². The Hall–Kier alpha value is -1.30. The number of carboxylic acid groups (broad SMARTS) is 1. The summed E-state index contributed by atoms with van der Waals surface area (Å²) in [7, 11) is 0. The summed E-state index contributed by atoms with van der Waals surface area (Å²) in [6.45, 7) is 1.95. The highest BCUT2D eigenvalue weighted by Crippen LogP contribution is 2.18. The van der Waals surface area contributed by atoms with E-state index in [1.54, 1.807) is 0 Å². The van der Waals surface area contributed by atoms with Gasteiger partial charge in [0.2, 0.25) is 0 Å². The van der Waals surface area contributed by atoms with Crippen molar-refractivity contribution >= 4 is 12.0 Å². The molecule has 1 saturated carbocycles. The summed E-state index contributed by atoms with van der Waals surface area (Å²) in [5.74, 6) is -0.918. The van der Waals surface area contributed by atoms with Crippen molar-refractivity contribution in [1.29, 1.82) is 0 Å². The molecule has 20 heavy (non-hydrogen) atoms. The average molecular weight is 286 g/mol. The fourth-order valence-corrected chi connectivity index (χ4v) is 2.64. The lowest BCUT2D eigenvalue weighted by molar-refractivity contribution is -0.137. The molecule has 1 fully saturated rings. The van der Waals surface area contributed by atoms with Gasteiger partial charge in [-0.15, -0.1) is 0 Å². The van der Waals surface area contributed by atoms with Crippen LogP contribution in [0.15, 0.2) is 0 Å². The summed E-state index contributed by atoms with van der Waals surface area (Å²) in [4.78, 5) is 22.7. The Labute approximate surface area is 119 Å². The Morgan fingerprint density at radius 1 is 1.25 bits per heavy atom. The van der Waals surface area contributed by atoms with Crippen LogP contribution >= 0.6 is 0 Å². The zero-order valence-corrected chi connectivity index (χ0v) is 12.1. The largest absolute Gasteiger partial charge is 0.481 e. The molecule has 1 aliphatic rings. The minimum Gasteiger partial charge on any atom is -0.481 e. The van der Waals surface area contributed by atoms with Crippen LogP contribution in [-0.4, -0.2) is 40.4 Å².